The van der Waals surface area contributed by atoms with Crippen LogP contribution in [0.1, 0.15) is 24.4 Å². The van der Waals surface area contributed by atoms with E-state index in [4.69, 9.17) is 10.2 Å². The summed E-state index contributed by atoms with van der Waals surface area (Å²) in [4.78, 5) is 11.8. The Hall–Kier alpha value is -2.15. The molecule has 19 heavy (non-hydrogen) atoms. The topological polar surface area (TPSA) is 99.0 Å². The van der Waals surface area contributed by atoms with Gasteiger partial charge in [0.15, 0.2) is 0 Å². The molecule has 0 aliphatic heterocycles. The number of nitrogens with one attached hydrogen (secondary N) is 1. The van der Waals surface area contributed by atoms with Gasteiger partial charge in [-0.25, -0.2) is 4.68 Å². The Bertz CT molecular complexity index is 520. The van der Waals surface area contributed by atoms with Crippen molar-refractivity contribution in [2.75, 3.05) is 6.54 Å². The lowest BCUT2D eigenvalue weighted by Crippen LogP contribution is -2.30. The zero-order valence-electron chi connectivity index (χ0n) is 10.7. The third kappa shape index (κ3) is 3.65. The van der Waals surface area contributed by atoms with Gasteiger partial charge in [-0.1, -0.05) is 5.21 Å². The van der Waals surface area contributed by atoms with E-state index in [0.717, 1.165) is 11.5 Å². The van der Waals surface area contributed by atoms with Crippen LogP contribution in [0.3, 0.4) is 0 Å². The summed E-state index contributed by atoms with van der Waals surface area (Å²) < 4.78 is 6.71. The van der Waals surface area contributed by atoms with Crippen LogP contribution in [0.2, 0.25) is 0 Å². The number of rotatable bonds is 6. The first kappa shape index (κ1) is 13.3. The number of nitrogens with zero attached hydrogens (tertiary/aromatic N) is 3. The van der Waals surface area contributed by atoms with Crippen LogP contribution in [0.5, 0.6) is 0 Å². The van der Waals surface area contributed by atoms with Crippen molar-refractivity contribution in [2.24, 2.45) is 5.73 Å². The van der Waals surface area contributed by atoms with Crippen LogP contribution in [0, 0.1) is 0 Å². The first-order chi connectivity index (χ1) is 9.19. The van der Waals surface area contributed by atoms with Crippen LogP contribution in [-0.4, -0.2) is 27.4 Å². The number of amides is 1. The summed E-state index contributed by atoms with van der Waals surface area (Å²) in [5.41, 5.74) is 6.21. The van der Waals surface area contributed by atoms with E-state index in [1.165, 1.54) is 4.68 Å². The Kier molecular flexibility index (Phi) is 4.30. The molecule has 2 rings (SSSR count). The van der Waals surface area contributed by atoms with Crippen molar-refractivity contribution in [1.29, 1.82) is 0 Å². The van der Waals surface area contributed by atoms with Crippen LogP contribution in [0.15, 0.2) is 29.0 Å². The third-order valence-electron chi connectivity index (χ3n) is 2.64. The van der Waals surface area contributed by atoms with Gasteiger partial charge in [-0.15, -0.1) is 5.10 Å². The zero-order chi connectivity index (χ0) is 13.7. The van der Waals surface area contributed by atoms with Gasteiger partial charge in [-0.05, 0) is 25.6 Å². The molecule has 102 valence electrons. The highest BCUT2D eigenvalue weighted by Gasteiger charge is 2.12. The molecule has 0 aliphatic carbocycles. The zero-order valence-corrected chi connectivity index (χ0v) is 10.7. The first-order valence-corrected chi connectivity index (χ1v) is 6.11. The molecule has 0 spiro atoms. The largest absolute Gasteiger partial charge is 0.467 e. The lowest BCUT2D eigenvalue weighted by molar-refractivity contribution is -0.122. The Morgan fingerprint density at radius 1 is 1.63 bits per heavy atom. The number of aromatic nitrogens is 3. The molecule has 0 radical (unpaired) electrons. The molecule has 7 heteroatoms. The van der Waals surface area contributed by atoms with Gasteiger partial charge >= 0.3 is 0 Å². The summed E-state index contributed by atoms with van der Waals surface area (Å²) in [7, 11) is 0. The van der Waals surface area contributed by atoms with Crippen LogP contribution >= 0.6 is 0 Å². The predicted molar refractivity (Wildman–Crippen MR) is 68.0 cm³/mol. The normalized spacial score (nSPS) is 12.3. The fraction of sp³-hybridized carbons (Fsp3) is 0.417. The van der Waals surface area contributed by atoms with E-state index in [0.29, 0.717) is 13.0 Å². The molecule has 2 heterocycles. The van der Waals surface area contributed by atoms with Crippen LogP contribution in [0.25, 0.3) is 0 Å². The summed E-state index contributed by atoms with van der Waals surface area (Å²) in [6, 6.07) is 3.43. The average molecular weight is 263 g/mol. The predicted octanol–water partition coefficient (Wildman–Crippen LogP) is 0.250. The second-order valence-corrected chi connectivity index (χ2v) is 4.25. The molecule has 0 saturated carbocycles. The van der Waals surface area contributed by atoms with Crippen LogP contribution < -0.4 is 11.1 Å². The molecule has 0 fully saturated rings. The third-order valence-corrected chi connectivity index (χ3v) is 2.64. The van der Waals surface area contributed by atoms with Gasteiger partial charge < -0.3 is 15.5 Å². The summed E-state index contributed by atoms with van der Waals surface area (Å²) in [5.74, 6) is 0.573. The van der Waals surface area contributed by atoms with Crippen LogP contribution in [-0.2, 0) is 17.8 Å². The maximum atomic E-state index is 11.8. The standard InChI is InChI=1S/C12H17N5O2/c1-9(11-3-2-6-19-11)14-12(18)8-17-7-10(4-5-13)15-16-17/h2-3,6-7,9H,4-5,8,13H2,1H3,(H,14,18). The average Bonchev–Trinajstić information content (AvgIpc) is 3.00. The summed E-state index contributed by atoms with van der Waals surface area (Å²) >= 11 is 0. The van der Waals surface area contributed by atoms with Crippen molar-refractivity contribution in [3.63, 3.8) is 0 Å². The quantitative estimate of drug-likeness (QED) is 0.778. The monoisotopic (exact) mass is 263 g/mol. The minimum absolute atomic E-state index is 0.128. The number of nitrogens with two attached hydrogens (primary N) is 1. The highest BCUT2D eigenvalue weighted by molar-refractivity contribution is 5.76. The molecule has 1 amide bonds. The number of carbonyl (C=O) groups is 1. The van der Waals surface area contributed by atoms with Gasteiger partial charge in [0.2, 0.25) is 5.91 Å². The molecular weight excluding hydrogens is 246 g/mol. The highest BCUT2D eigenvalue weighted by atomic mass is 16.3. The number of hydrogen-bond donors (Lipinski definition) is 2. The van der Waals surface area contributed by atoms with Crippen molar-refractivity contribution in [3.05, 3.63) is 36.0 Å². The van der Waals surface area contributed by atoms with E-state index in [9.17, 15) is 4.79 Å². The van der Waals surface area contributed by atoms with Gasteiger partial charge in [0, 0.05) is 12.6 Å². The molecule has 1 atom stereocenters. The fourth-order valence-electron chi connectivity index (χ4n) is 1.72. The van der Waals surface area contributed by atoms with E-state index in [1.54, 1.807) is 18.5 Å². The SMILES string of the molecule is CC(NC(=O)Cn1cc(CCN)nn1)c1ccco1. The number of carbonyl (C=O) groups excluding carboxylic acids is 1. The van der Waals surface area contributed by atoms with Crippen molar-refractivity contribution >= 4 is 5.91 Å². The Morgan fingerprint density at radius 2 is 2.47 bits per heavy atom. The van der Waals surface area contributed by atoms with Gasteiger partial charge in [-0.3, -0.25) is 4.79 Å². The molecular formula is C12H17N5O2. The minimum atomic E-state index is -0.172. The summed E-state index contributed by atoms with van der Waals surface area (Å²) in [5, 5.41) is 10.6. The maximum absolute atomic E-state index is 11.8. The second kappa shape index (κ2) is 6.14. The van der Waals surface area contributed by atoms with Gasteiger partial charge in [0.1, 0.15) is 12.3 Å². The highest BCUT2D eigenvalue weighted by Crippen LogP contribution is 2.11. The van der Waals surface area contributed by atoms with Gasteiger partial charge in [0.05, 0.1) is 18.0 Å². The molecule has 0 bridgehead atoms. The minimum Gasteiger partial charge on any atom is -0.467 e. The Labute approximate surface area is 110 Å². The van der Waals surface area contributed by atoms with Crippen molar-refractivity contribution in [2.45, 2.75) is 25.9 Å². The number of furan rings is 1. The summed E-state index contributed by atoms with van der Waals surface area (Å²) in [6.07, 6.45) is 3.96. The van der Waals surface area contributed by atoms with E-state index in [2.05, 4.69) is 15.6 Å². The lowest BCUT2D eigenvalue weighted by atomic mass is 10.2. The van der Waals surface area contributed by atoms with Gasteiger partial charge in [-0.2, -0.15) is 0 Å². The van der Waals surface area contributed by atoms with E-state index in [1.807, 2.05) is 13.0 Å². The number of hydrogen-bond acceptors (Lipinski definition) is 5. The molecule has 2 aromatic rings. The van der Waals surface area contributed by atoms with E-state index in [-0.39, 0.29) is 18.5 Å². The molecule has 0 aromatic carbocycles. The maximum Gasteiger partial charge on any atom is 0.242 e. The smallest absolute Gasteiger partial charge is 0.242 e. The van der Waals surface area contributed by atoms with E-state index < -0.39 is 0 Å². The summed E-state index contributed by atoms with van der Waals surface area (Å²) in [6.45, 7) is 2.50. The Balaban J connectivity index is 1.86. The molecule has 0 aliphatic rings. The Morgan fingerprint density at radius 3 is 3.16 bits per heavy atom. The first-order valence-electron chi connectivity index (χ1n) is 6.11. The molecule has 2 aromatic heterocycles. The van der Waals surface area contributed by atoms with Gasteiger partial charge in [0.25, 0.3) is 0 Å². The molecule has 0 saturated heterocycles. The van der Waals surface area contributed by atoms with Crippen LogP contribution in [0.4, 0.5) is 0 Å². The molecule has 3 N–H and O–H groups in total. The molecule has 1 unspecified atom stereocenters. The lowest BCUT2D eigenvalue weighted by Gasteiger charge is -2.10. The second-order valence-electron chi connectivity index (χ2n) is 4.25. The molecule has 7 nitrogen and oxygen atoms in total. The van der Waals surface area contributed by atoms with Crippen molar-refractivity contribution in [3.8, 4) is 0 Å². The van der Waals surface area contributed by atoms with E-state index >= 15 is 0 Å². The fourth-order valence-corrected chi connectivity index (χ4v) is 1.72. The van der Waals surface area contributed by atoms with Crippen molar-refractivity contribution < 1.29 is 9.21 Å². The van der Waals surface area contributed by atoms with Crippen molar-refractivity contribution in [1.82, 2.24) is 20.3 Å².